The fourth-order valence-electron chi connectivity index (χ4n) is 1.79. The van der Waals surface area contributed by atoms with Crippen molar-refractivity contribution < 1.29 is 9.53 Å². The zero-order valence-corrected chi connectivity index (χ0v) is 12.5. The number of hydrogen-bond donors (Lipinski definition) is 1. The van der Waals surface area contributed by atoms with Crippen LogP contribution in [0.15, 0.2) is 48.6 Å². The molecule has 0 fully saturated rings. The highest BCUT2D eigenvalue weighted by Gasteiger charge is 2.25. The van der Waals surface area contributed by atoms with Crippen LogP contribution in [-0.2, 0) is 4.74 Å². The number of esters is 1. The number of allylic oxidation sites excluding steroid dienone is 2. The summed E-state index contributed by atoms with van der Waals surface area (Å²) in [7, 11) is 0. The van der Waals surface area contributed by atoms with E-state index in [1.54, 1.807) is 30.3 Å². The Labute approximate surface area is 121 Å². The van der Waals surface area contributed by atoms with Gasteiger partial charge in [0.1, 0.15) is 5.60 Å². The lowest BCUT2D eigenvalue weighted by Crippen LogP contribution is -2.29. The van der Waals surface area contributed by atoms with Crippen LogP contribution in [0.25, 0.3) is 0 Å². The number of nitrogens with two attached hydrogens (primary N) is 1. The molecule has 3 nitrogen and oxygen atoms in total. The van der Waals surface area contributed by atoms with Gasteiger partial charge in [0.15, 0.2) is 0 Å². The molecule has 0 saturated carbocycles. The van der Waals surface area contributed by atoms with Crippen molar-refractivity contribution in [2.24, 2.45) is 0 Å². The molecule has 0 aliphatic heterocycles. The summed E-state index contributed by atoms with van der Waals surface area (Å²) in [6.07, 6.45) is 5.32. The van der Waals surface area contributed by atoms with Crippen molar-refractivity contribution in [2.75, 3.05) is 5.73 Å². The van der Waals surface area contributed by atoms with Crippen LogP contribution in [0.4, 0.5) is 5.69 Å². The third-order valence-corrected chi connectivity index (χ3v) is 3.13. The van der Waals surface area contributed by atoms with Gasteiger partial charge in [-0.3, -0.25) is 0 Å². The summed E-state index contributed by atoms with van der Waals surface area (Å²) >= 11 is 0. The molecule has 3 heteroatoms. The van der Waals surface area contributed by atoms with Crippen LogP contribution in [0.3, 0.4) is 0 Å². The van der Waals surface area contributed by atoms with Crippen LogP contribution in [0.2, 0.25) is 0 Å². The average molecular weight is 273 g/mol. The Morgan fingerprint density at radius 2 is 2.05 bits per heavy atom. The van der Waals surface area contributed by atoms with Crippen molar-refractivity contribution in [1.29, 1.82) is 0 Å². The van der Waals surface area contributed by atoms with Crippen LogP contribution < -0.4 is 5.73 Å². The van der Waals surface area contributed by atoms with Gasteiger partial charge in [-0.25, -0.2) is 4.79 Å². The van der Waals surface area contributed by atoms with Crippen LogP contribution >= 0.6 is 0 Å². The molecule has 108 valence electrons. The van der Waals surface area contributed by atoms with Gasteiger partial charge in [0, 0.05) is 5.69 Å². The molecule has 1 atom stereocenters. The summed E-state index contributed by atoms with van der Waals surface area (Å²) in [5.74, 6) is -0.414. The fraction of sp³-hybridized carbons (Fsp3) is 0.353. The zero-order valence-electron chi connectivity index (χ0n) is 12.5. The van der Waals surface area contributed by atoms with Crippen molar-refractivity contribution in [1.82, 2.24) is 0 Å². The van der Waals surface area contributed by atoms with E-state index in [0.29, 0.717) is 17.7 Å². The van der Waals surface area contributed by atoms with Gasteiger partial charge in [0.25, 0.3) is 0 Å². The molecule has 2 N–H and O–H groups in total. The van der Waals surface area contributed by atoms with Crippen molar-refractivity contribution in [3.05, 3.63) is 54.1 Å². The third-order valence-electron chi connectivity index (χ3n) is 3.13. The molecule has 0 heterocycles. The minimum Gasteiger partial charge on any atom is -0.451 e. The van der Waals surface area contributed by atoms with Crippen molar-refractivity contribution in [3.63, 3.8) is 0 Å². The lowest BCUT2D eigenvalue weighted by Gasteiger charge is -2.26. The number of carbonyl (C=O) groups excluding carboxylic acids is 1. The molecule has 0 aromatic heterocycles. The molecule has 0 amide bonds. The first kappa shape index (κ1) is 16.0. The molecule has 0 aliphatic carbocycles. The largest absolute Gasteiger partial charge is 0.451 e. The van der Waals surface area contributed by atoms with Gasteiger partial charge < -0.3 is 10.5 Å². The van der Waals surface area contributed by atoms with E-state index in [4.69, 9.17) is 10.5 Å². The molecule has 1 aromatic carbocycles. The van der Waals surface area contributed by atoms with Gasteiger partial charge in [-0.05, 0) is 51.8 Å². The number of anilines is 1. The molecule has 0 aliphatic rings. The Hall–Kier alpha value is -2.03. The van der Waals surface area contributed by atoms with Gasteiger partial charge in [-0.1, -0.05) is 30.4 Å². The quantitative estimate of drug-likeness (QED) is 0.482. The van der Waals surface area contributed by atoms with Crippen molar-refractivity contribution >= 4 is 11.7 Å². The molecule has 0 bridgehead atoms. The maximum absolute atomic E-state index is 12.2. The maximum atomic E-state index is 12.2. The van der Waals surface area contributed by atoms with Crippen molar-refractivity contribution in [2.45, 2.75) is 39.2 Å². The van der Waals surface area contributed by atoms with Gasteiger partial charge in [0.2, 0.25) is 0 Å². The molecular formula is C17H23NO2. The highest BCUT2D eigenvalue weighted by Crippen LogP contribution is 2.23. The first-order valence-electron chi connectivity index (χ1n) is 6.73. The van der Waals surface area contributed by atoms with E-state index < -0.39 is 11.6 Å². The second-order valence-electron chi connectivity index (χ2n) is 5.31. The molecule has 20 heavy (non-hydrogen) atoms. The van der Waals surface area contributed by atoms with E-state index >= 15 is 0 Å². The van der Waals surface area contributed by atoms with Crippen LogP contribution in [0.1, 0.15) is 44.0 Å². The van der Waals surface area contributed by atoms with E-state index in [0.717, 1.165) is 6.42 Å². The predicted octanol–water partition coefficient (Wildman–Crippen LogP) is 4.12. The van der Waals surface area contributed by atoms with E-state index in [-0.39, 0.29) is 0 Å². The number of nitrogen functional groups attached to an aromatic ring is 1. The lowest BCUT2D eigenvalue weighted by atomic mass is 9.99. The first-order valence-corrected chi connectivity index (χ1v) is 6.73. The second kappa shape index (κ2) is 6.94. The van der Waals surface area contributed by atoms with Gasteiger partial charge >= 0.3 is 5.97 Å². The normalized spacial score (nSPS) is 13.2. The number of benzene rings is 1. The average Bonchev–Trinajstić information content (AvgIpc) is 2.38. The fourth-order valence-corrected chi connectivity index (χ4v) is 1.79. The number of rotatable bonds is 6. The van der Waals surface area contributed by atoms with Gasteiger partial charge in [-0.15, -0.1) is 0 Å². The standard InChI is InChI=1S/C17H23NO2/c1-5-17(4,12-8-9-13(2)3)20-16(19)14-10-6-7-11-15(14)18/h5-7,9-11H,1,8,12,18H2,2-4H3/t17-/m0/s1. The Bertz CT molecular complexity index is 515. The monoisotopic (exact) mass is 273 g/mol. The van der Waals surface area contributed by atoms with E-state index in [9.17, 15) is 4.79 Å². The Morgan fingerprint density at radius 3 is 2.60 bits per heavy atom. The molecular weight excluding hydrogens is 250 g/mol. The lowest BCUT2D eigenvalue weighted by molar-refractivity contribution is 0.00848. The topological polar surface area (TPSA) is 52.3 Å². The summed E-state index contributed by atoms with van der Waals surface area (Å²) in [5.41, 5.74) is 7.16. The summed E-state index contributed by atoms with van der Waals surface area (Å²) in [4.78, 5) is 12.2. The highest BCUT2D eigenvalue weighted by molar-refractivity contribution is 5.95. The number of para-hydroxylation sites is 1. The number of carbonyl (C=O) groups is 1. The number of hydrogen-bond acceptors (Lipinski definition) is 3. The Kier molecular flexibility index (Phi) is 5.56. The zero-order chi connectivity index (χ0) is 15.2. The molecule has 1 rings (SSSR count). The summed E-state index contributed by atoms with van der Waals surface area (Å²) in [6, 6.07) is 6.90. The SMILES string of the molecule is C=C[C@@](C)(CCC=C(C)C)OC(=O)c1ccccc1N. The molecule has 0 unspecified atom stereocenters. The highest BCUT2D eigenvalue weighted by atomic mass is 16.6. The summed E-state index contributed by atoms with van der Waals surface area (Å²) < 4.78 is 5.57. The minimum absolute atomic E-state index is 0.391. The molecule has 0 spiro atoms. The molecule has 1 aromatic rings. The van der Waals surface area contributed by atoms with Crippen molar-refractivity contribution in [3.8, 4) is 0 Å². The van der Waals surface area contributed by atoms with Gasteiger partial charge in [0.05, 0.1) is 5.56 Å². The van der Waals surface area contributed by atoms with Gasteiger partial charge in [-0.2, -0.15) is 0 Å². The molecule has 0 saturated heterocycles. The van der Waals surface area contributed by atoms with E-state index in [1.165, 1.54) is 5.57 Å². The first-order chi connectivity index (χ1) is 9.38. The Balaban J connectivity index is 2.77. The predicted molar refractivity (Wildman–Crippen MR) is 83.5 cm³/mol. The summed E-state index contributed by atoms with van der Waals surface area (Å²) in [5, 5.41) is 0. The van der Waals surface area contributed by atoms with Crippen LogP contribution in [0.5, 0.6) is 0 Å². The Morgan fingerprint density at radius 1 is 1.40 bits per heavy atom. The number of ether oxygens (including phenoxy) is 1. The summed E-state index contributed by atoms with van der Waals surface area (Å²) in [6.45, 7) is 9.71. The maximum Gasteiger partial charge on any atom is 0.341 e. The second-order valence-corrected chi connectivity index (χ2v) is 5.31. The van der Waals surface area contributed by atoms with E-state index in [1.807, 2.05) is 20.8 Å². The molecule has 0 radical (unpaired) electrons. The van der Waals surface area contributed by atoms with Crippen LogP contribution in [0, 0.1) is 0 Å². The smallest absolute Gasteiger partial charge is 0.341 e. The third kappa shape index (κ3) is 4.57. The van der Waals surface area contributed by atoms with Crippen LogP contribution in [-0.4, -0.2) is 11.6 Å². The minimum atomic E-state index is -0.689. The van der Waals surface area contributed by atoms with E-state index in [2.05, 4.69) is 12.7 Å².